The lowest BCUT2D eigenvalue weighted by Crippen LogP contribution is -2.39. The van der Waals surface area contributed by atoms with Gasteiger partial charge in [-0.05, 0) is 19.9 Å². The van der Waals surface area contributed by atoms with Crippen molar-refractivity contribution >= 4 is 29.1 Å². The molecule has 6 heteroatoms. The first-order chi connectivity index (χ1) is 8.47. The summed E-state index contributed by atoms with van der Waals surface area (Å²) in [5.41, 5.74) is 0.425. The molecule has 0 aliphatic heterocycles. The maximum atomic E-state index is 12.3. The second-order valence-electron chi connectivity index (χ2n) is 4.08. The second-order valence-corrected chi connectivity index (χ2v) is 4.85. The number of nitrogens with zero attached hydrogens (tertiary/aromatic N) is 2. The molecular weight excluding hydrogens is 275 g/mol. The summed E-state index contributed by atoms with van der Waals surface area (Å²) >= 11 is 11.6. The Bertz CT molecular complexity index is 425. The zero-order valence-electron chi connectivity index (χ0n) is 10.6. The minimum atomic E-state index is -0.131. The second kappa shape index (κ2) is 6.92. The fraction of sp³-hybridized carbons (Fsp3) is 0.500. The van der Waals surface area contributed by atoms with Crippen LogP contribution in [0.5, 0.6) is 0 Å². The summed E-state index contributed by atoms with van der Waals surface area (Å²) in [6.45, 7) is 4.89. The van der Waals surface area contributed by atoms with Crippen molar-refractivity contribution in [3.8, 4) is 0 Å². The van der Waals surface area contributed by atoms with Gasteiger partial charge in [0, 0.05) is 25.9 Å². The maximum absolute atomic E-state index is 12.3. The Morgan fingerprint density at radius 3 is 2.67 bits per heavy atom. The van der Waals surface area contributed by atoms with E-state index in [9.17, 15) is 4.79 Å². The zero-order chi connectivity index (χ0) is 13.7. The molecule has 100 valence electrons. The molecule has 0 N–H and O–H groups in total. The summed E-state index contributed by atoms with van der Waals surface area (Å²) in [6.07, 6.45) is 1.43. The van der Waals surface area contributed by atoms with Crippen LogP contribution in [0.4, 0.5) is 0 Å². The van der Waals surface area contributed by atoms with Crippen LogP contribution < -0.4 is 0 Å². The summed E-state index contributed by atoms with van der Waals surface area (Å²) in [7, 11) is 1.60. The fourth-order valence-corrected chi connectivity index (χ4v) is 1.76. The molecule has 18 heavy (non-hydrogen) atoms. The summed E-state index contributed by atoms with van der Waals surface area (Å²) in [6, 6.07) is 1.60. The van der Waals surface area contributed by atoms with Crippen molar-refractivity contribution in [1.82, 2.24) is 9.88 Å². The number of ether oxygens (including phenoxy) is 1. The molecule has 0 unspecified atom stereocenters. The lowest BCUT2D eigenvalue weighted by molar-refractivity contribution is 0.0634. The van der Waals surface area contributed by atoms with Gasteiger partial charge >= 0.3 is 0 Å². The molecule has 0 atom stereocenters. The molecule has 0 aromatic carbocycles. The van der Waals surface area contributed by atoms with E-state index in [0.717, 1.165) is 0 Å². The van der Waals surface area contributed by atoms with Gasteiger partial charge in [0.05, 0.1) is 17.2 Å². The van der Waals surface area contributed by atoms with Gasteiger partial charge in [-0.25, -0.2) is 4.98 Å². The average molecular weight is 291 g/mol. The van der Waals surface area contributed by atoms with Gasteiger partial charge in [-0.2, -0.15) is 0 Å². The van der Waals surface area contributed by atoms with E-state index in [-0.39, 0.29) is 22.1 Å². The van der Waals surface area contributed by atoms with Crippen molar-refractivity contribution in [1.29, 1.82) is 0 Å². The molecular formula is C12H16Cl2N2O2. The van der Waals surface area contributed by atoms with Crippen LogP contribution in [0.3, 0.4) is 0 Å². The van der Waals surface area contributed by atoms with E-state index in [0.29, 0.717) is 18.7 Å². The number of carbonyl (C=O) groups excluding carboxylic acids is 1. The van der Waals surface area contributed by atoms with Gasteiger partial charge in [0.2, 0.25) is 0 Å². The van der Waals surface area contributed by atoms with E-state index in [1.54, 1.807) is 12.0 Å². The first-order valence-electron chi connectivity index (χ1n) is 5.58. The number of rotatable bonds is 5. The number of pyridine rings is 1. The smallest absolute Gasteiger partial charge is 0.255 e. The van der Waals surface area contributed by atoms with Crippen molar-refractivity contribution in [3.63, 3.8) is 0 Å². The lowest BCUT2D eigenvalue weighted by atomic mass is 10.2. The third-order valence-electron chi connectivity index (χ3n) is 2.46. The van der Waals surface area contributed by atoms with Crippen molar-refractivity contribution < 1.29 is 9.53 Å². The summed E-state index contributed by atoms with van der Waals surface area (Å²) in [5, 5.41) is 0.471. The Hall–Kier alpha value is -0.840. The largest absolute Gasteiger partial charge is 0.383 e. The number of halogens is 2. The highest BCUT2D eigenvalue weighted by molar-refractivity contribution is 6.41. The Balaban J connectivity index is 2.91. The van der Waals surface area contributed by atoms with E-state index in [1.165, 1.54) is 12.3 Å². The molecule has 1 rings (SSSR count). The van der Waals surface area contributed by atoms with Gasteiger partial charge in [-0.1, -0.05) is 23.2 Å². The fourth-order valence-electron chi connectivity index (χ4n) is 1.49. The van der Waals surface area contributed by atoms with Gasteiger partial charge in [-0.15, -0.1) is 0 Å². The maximum Gasteiger partial charge on any atom is 0.255 e. The molecule has 0 saturated carbocycles. The van der Waals surface area contributed by atoms with Gasteiger partial charge in [0.25, 0.3) is 5.91 Å². The molecule has 0 aliphatic rings. The van der Waals surface area contributed by atoms with E-state index < -0.39 is 0 Å². The molecule has 0 spiro atoms. The van der Waals surface area contributed by atoms with Crippen LogP contribution in [0.1, 0.15) is 24.2 Å². The summed E-state index contributed by atoms with van der Waals surface area (Å²) in [5.74, 6) is -0.131. The van der Waals surface area contributed by atoms with E-state index in [2.05, 4.69) is 4.98 Å². The van der Waals surface area contributed by atoms with Crippen molar-refractivity contribution in [3.05, 3.63) is 28.0 Å². The molecule has 0 aliphatic carbocycles. The standard InChI is InChI=1S/C12H16Cl2N2O2/c1-8(2)16(4-5-18-3)12(17)9-6-10(13)11(14)15-7-9/h6-8H,4-5H2,1-3H3. The van der Waals surface area contributed by atoms with Gasteiger partial charge in [-0.3, -0.25) is 4.79 Å². The first-order valence-corrected chi connectivity index (χ1v) is 6.34. The Morgan fingerprint density at radius 2 is 2.17 bits per heavy atom. The summed E-state index contributed by atoms with van der Waals surface area (Å²) < 4.78 is 4.99. The molecule has 4 nitrogen and oxygen atoms in total. The van der Waals surface area contributed by atoms with E-state index in [1.807, 2.05) is 13.8 Å². The number of carbonyl (C=O) groups is 1. The lowest BCUT2D eigenvalue weighted by Gasteiger charge is -2.26. The third-order valence-corrected chi connectivity index (χ3v) is 3.15. The number of amides is 1. The van der Waals surface area contributed by atoms with Crippen molar-refractivity contribution in [2.75, 3.05) is 20.3 Å². The van der Waals surface area contributed by atoms with Crippen molar-refractivity contribution in [2.45, 2.75) is 19.9 Å². The van der Waals surface area contributed by atoms with Gasteiger partial charge in [0.1, 0.15) is 5.15 Å². The van der Waals surface area contributed by atoms with Crippen LogP contribution in [0.2, 0.25) is 10.2 Å². The molecule has 0 saturated heterocycles. The van der Waals surface area contributed by atoms with Crippen LogP contribution in [-0.4, -0.2) is 42.1 Å². The number of methoxy groups -OCH3 is 1. The average Bonchev–Trinajstić information content (AvgIpc) is 2.32. The molecule has 1 aromatic heterocycles. The predicted molar refractivity (Wildman–Crippen MR) is 72.3 cm³/mol. The van der Waals surface area contributed by atoms with Gasteiger partial charge in [0.15, 0.2) is 0 Å². The molecule has 1 heterocycles. The van der Waals surface area contributed by atoms with Crippen LogP contribution >= 0.6 is 23.2 Å². The summed E-state index contributed by atoms with van der Waals surface area (Å²) in [4.78, 5) is 17.9. The van der Waals surface area contributed by atoms with Crippen LogP contribution in [0, 0.1) is 0 Å². The minimum absolute atomic E-state index is 0.0714. The molecule has 0 radical (unpaired) electrons. The molecule has 0 bridgehead atoms. The molecule has 1 aromatic rings. The van der Waals surface area contributed by atoms with E-state index in [4.69, 9.17) is 27.9 Å². The SMILES string of the molecule is COCCN(C(=O)c1cnc(Cl)c(Cl)c1)C(C)C. The highest BCUT2D eigenvalue weighted by atomic mass is 35.5. The predicted octanol–water partition coefficient (Wildman–Crippen LogP) is 2.89. The van der Waals surface area contributed by atoms with E-state index >= 15 is 0 Å². The Morgan fingerprint density at radius 1 is 1.50 bits per heavy atom. The number of hydrogen-bond acceptors (Lipinski definition) is 3. The number of aromatic nitrogens is 1. The van der Waals surface area contributed by atoms with Crippen LogP contribution in [-0.2, 0) is 4.74 Å². The Kier molecular flexibility index (Phi) is 5.85. The third kappa shape index (κ3) is 3.83. The molecule has 0 fully saturated rings. The van der Waals surface area contributed by atoms with Crippen LogP contribution in [0.25, 0.3) is 0 Å². The zero-order valence-corrected chi connectivity index (χ0v) is 12.1. The van der Waals surface area contributed by atoms with Crippen molar-refractivity contribution in [2.24, 2.45) is 0 Å². The first kappa shape index (κ1) is 15.2. The highest BCUT2D eigenvalue weighted by Crippen LogP contribution is 2.20. The topological polar surface area (TPSA) is 42.4 Å². The Labute approximate surface area is 117 Å². The van der Waals surface area contributed by atoms with Gasteiger partial charge < -0.3 is 9.64 Å². The highest BCUT2D eigenvalue weighted by Gasteiger charge is 2.19. The number of hydrogen-bond donors (Lipinski definition) is 0. The molecule has 1 amide bonds. The minimum Gasteiger partial charge on any atom is -0.383 e. The normalized spacial score (nSPS) is 10.8. The monoisotopic (exact) mass is 290 g/mol. The quantitative estimate of drug-likeness (QED) is 0.783. The van der Waals surface area contributed by atoms with Crippen LogP contribution in [0.15, 0.2) is 12.3 Å².